The zero-order chi connectivity index (χ0) is 19.4. The van der Waals surface area contributed by atoms with Gasteiger partial charge in [-0.2, -0.15) is 0 Å². The van der Waals surface area contributed by atoms with Crippen molar-refractivity contribution in [2.75, 3.05) is 23.4 Å². The highest BCUT2D eigenvalue weighted by Crippen LogP contribution is 2.25. The van der Waals surface area contributed by atoms with E-state index in [4.69, 9.17) is 4.74 Å². The first-order valence-electron chi connectivity index (χ1n) is 9.26. The number of ether oxygens (including phenoxy) is 1. The summed E-state index contributed by atoms with van der Waals surface area (Å²) in [4.78, 5) is 25.7. The Morgan fingerprint density at radius 2 is 1.74 bits per heavy atom. The molecular formula is C22H26N2O3. The summed E-state index contributed by atoms with van der Waals surface area (Å²) in [6.07, 6.45) is 1.50. The molecule has 2 aromatic carbocycles. The predicted molar refractivity (Wildman–Crippen MR) is 107 cm³/mol. The minimum Gasteiger partial charge on any atom is -0.484 e. The van der Waals surface area contributed by atoms with Crippen molar-refractivity contribution >= 4 is 23.2 Å². The van der Waals surface area contributed by atoms with Crippen LogP contribution in [0.5, 0.6) is 5.75 Å². The van der Waals surface area contributed by atoms with Crippen LogP contribution in [-0.4, -0.2) is 25.0 Å². The van der Waals surface area contributed by atoms with E-state index in [1.54, 1.807) is 17.0 Å². The number of amides is 2. The van der Waals surface area contributed by atoms with Gasteiger partial charge in [-0.25, -0.2) is 0 Å². The molecule has 0 bridgehead atoms. The standard InChI is InChI=1S/C22H26N2O3/c1-22(2,3)16-6-12-19(13-7-16)27-15-20(25)23-17-8-10-18(11-9-17)24-14-4-5-21(24)26/h6-13H,4-5,14-15H2,1-3H3,(H,23,25). The van der Waals surface area contributed by atoms with Crippen molar-refractivity contribution in [3.63, 3.8) is 0 Å². The molecule has 142 valence electrons. The average molecular weight is 366 g/mol. The van der Waals surface area contributed by atoms with Crippen molar-refractivity contribution in [1.29, 1.82) is 0 Å². The molecule has 2 aromatic rings. The Kier molecular flexibility index (Phi) is 5.49. The highest BCUT2D eigenvalue weighted by molar-refractivity contribution is 5.96. The number of anilines is 2. The fourth-order valence-corrected chi connectivity index (χ4v) is 3.04. The predicted octanol–water partition coefficient (Wildman–Crippen LogP) is 4.13. The molecule has 3 rings (SSSR count). The second kappa shape index (κ2) is 7.82. The second-order valence-corrected chi connectivity index (χ2v) is 7.81. The molecule has 5 heteroatoms. The molecule has 1 fully saturated rings. The summed E-state index contributed by atoms with van der Waals surface area (Å²) in [6.45, 7) is 7.16. The van der Waals surface area contributed by atoms with Gasteiger partial charge in [0, 0.05) is 24.3 Å². The number of benzene rings is 2. The van der Waals surface area contributed by atoms with E-state index in [-0.39, 0.29) is 23.8 Å². The van der Waals surface area contributed by atoms with Gasteiger partial charge in [0.15, 0.2) is 6.61 Å². The Morgan fingerprint density at radius 3 is 2.30 bits per heavy atom. The molecule has 5 nitrogen and oxygen atoms in total. The van der Waals surface area contributed by atoms with Gasteiger partial charge in [-0.1, -0.05) is 32.9 Å². The fourth-order valence-electron chi connectivity index (χ4n) is 3.04. The molecule has 1 aliphatic rings. The topological polar surface area (TPSA) is 58.6 Å². The maximum Gasteiger partial charge on any atom is 0.262 e. The number of nitrogens with one attached hydrogen (secondary N) is 1. The maximum atomic E-state index is 12.1. The molecular weight excluding hydrogens is 340 g/mol. The van der Waals surface area contributed by atoms with Crippen molar-refractivity contribution in [2.45, 2.75) is 39.0 Å². The molecule has 1 aliphatic heterocycles. The number of nitrogens with zero attached hydrogens (tertiary/aromatic N) is 1. The van der Waals surface area contributed by atoms with E-state index >= 15 is 0 Å². The molecule has 0 aromatic heterocycles. The highest BCUT2D eigenvalue weighted by Gasteiger charge is 2.21. The molecule has 0 saturated carbocycles. The summed E-state index contributed by atoms with van der Waals surface area (Å²) in [5, 5.41) is 2.81. The molecule has 27 heavy (non-hydrogen) atoms. The minimum atomic E-state index is -0.222. The quantitative estimate of drug-likeness (QED) is 0.866. The summed E-state index contributed by atoms with van der Waals surface area (Å²) in [7, 11) is 0. The van der Waals surface area contributed by atoms with Gasteiger partial charge in [0.2, 0.25) is 5.91 Å². The monoisotopic (exact) mass is 366 g/mol. The lowest BCUT2D eigenvalue weighted by Gasteiger charge is -2.19. The van der Waals surface area contributed by atoms with Crippen LogP contribution in [-0.2, 0) is 15.0 Å². The molecule has 0 atom stereocenters. The van der Waals surface area contributed by atoms with E-state index in [0.29, 0.717) is 17.9 Å². The summed E-state index contributed by atoms with van der Waals surface area (Å²) < 4.78 is 5.56. The molecule has 1 N–H and O–H groups in total. The van der Waals surface area contributed by atoms with Gasteiger partial charge in [-0.3, -0.25) is 9.59 Å². The zero-order valence-corrected chi connectivity index (χ0v) is 16.1. The molecule has 0 unspecified atom stereocenters. The molecule has 0 radical (unpaired) electrons. The Balaban J connectivity index is 1.51. The van der Waals surface area contributed by atoms with Crippen LogP contribution in [0.4, 0.5) is 11.4 Å². The number of carbonyl (C=O) groups excluding carboxylic acids is 2. The van der Waals surface area contributed by atoms with Gasteiger partial charge in [-0.05, 0) is 53.8 Å². The Bertz CT molecular complexity index is 805. The van der Waals surface area contributed by atoms with E-state index in [1.807, 2.05) is 36.4 Å². The van der Waals surface area contributed by atoms with E-state index in [0.717, 1.165) is 18.7 Å². The van der Waals surface area contributed by atoms with Crippen LogP contribution in [0.25, 0.3) is 0 Å². The van der Waals surface area contributed by atoms with Crippen LogP contribution in [0, 0.1) is 0 Å². The first kappa shape index (κ1) is 19.0. The first-order chi connectivity index (χ1) is 12.8. The maximum absolute atomic E-state index is 12.1. The van der Waals surface area contributed by atoms with Crippen LogP contribution in [0.15, 0.2) is 48.5 Å². The largest absolute Gasteiger partial charge is 0.484 e. The van der Waals surface area contributed by atoms with E-state index in [9.17, 15) is 9.59 Å². The van der Waals surface area contributed by atoms with Crippen LogP contribution < -0.4 is 15.0 Å². The van der Waals surface area contributed by atoms with Gasteiger partial charge in [-0.15, -0.1) is 0 Å². The highest BCUT2D eigenvalue weighted by atomic mass is 16.5. The van der Waals surface area contributed by atoms with Crippen LogP contribution in [0.2, 0.25) is 0 Å². The summed E-state index contributed by atoms with van der Waals surface area (Å²) >= 11 is 0. The lowest BCUT2D eigenvalue weighted by molar-refractivity contribution is -0.118. The van der Waals surface area contributed by atoms with Crippen molar-refractivity contribution in [1.82, 2.24) is 0 Å². The van der Waals surface area contributed by atoms with Crippen LogP contribution >= 0.6 is 0 Å². The lowest BCUT2D eigenvalue weighted by atomic mass is 9.87. The van der Waals surface area contributed by atoms with Crippen LogP contribution in [0.1, 0.15) is 39.2 Å². The van der Waals surface area contributed by atoms with E-state index < -0.39 is 0 Å². The second-order valence-electron chi connectivity index (χ2n) is 7.81. The van der Waals surface area contributed by atoms with Gasteiger partial charge in [0.1, 0.15) is 5.75 Å². The minimum absolute atomic E-state index is 0.0543. The van der Waals surface area contributed by atoms with Crippen molar-refractivity contribution in [3.8, 4) is 5.75 Å². The number of hydrogen-bond donors (Lipinski definition) is 1. The molecule has 1 saturated heterocycles. The van der Waals surface area contributed by atoms with Gasteiger partial charge in [0.05, 0.1) is 0 Å². The normalized spacial score (nSPS) is 14.3. The summed E-state index contributed by atoms with van der Waals surface area (Å²) in [5.74, 6) is 0.596. The van der Waals surface area contributed by atoms with Crippen molar-refractivity contribution in [2.24, 2.45) is 0 Å². The third-order valence-corrected chi connectivity index (χ3v) is 4.63. The fraction of sp³-hybridized carbons (Fsp3) is 0.364. The zero-order valence-electron chi connectivity index (χ0n) is 16.1. The number of hydrogen-bond acceptors (Lipinski definition) is 3. The van der Waals surface area contributed by atoms with Gasteiger partial charge in [0.25, 0.3) is 5.91 Å². The van der Waals surface area contributed by atoms with Crippen molar-refractivity contribution < 1.29 is 14.3 Å². The number of rotatable bonds is 5. The SMILES string of the molecule is CC(C)(C)c1ccc(OCC(=O)Nc2ccc(N3CCCC3=O)cc2)cc1. The molecule has 0 spiro atoms. The van der Waals surface area contributed by atoms with Crippen LogP contribution in [0.3, 0.4) is 0 Å². The lowest BCUT2D eigenvalue weighted by Crippen LogP contribution is -2.23. The summed E-state index contributed by atoms with van der Waals surface area (Å²) in [5.41, 5.74) is 2.85. The number of carbonyl (C=O) groups is 2. The third-order valence-electron chi connectivity index (χ3n) is 4.63. The summed E-state index contributed by atoms with van der Waals surface area (Å²) in [6, 6.07) is 15.1. The van der Waals surface area contributed by atoms with Crippen molar-refractivity contribution in [3.05, 3.63) is 54.1 Å². The molecule has 1 heterocycles. The molecule has 0 aliphatic carbocycles. The average Bonchev–Trinajstić information content (AvgIpc) is 3.06. The smallest absolute Gasteiger partial charge is 0.262 e. The Labute approximate surface area is 160 Å². The first-order valence-corrected chi connectivity index (χ1v) is 9.26. The van der Waals surface area contributed by atoms with Gasteiger partial charge >= 0.3 is 0 Å². The van der Waals surface area contributed by atoms with E-state index in [2.05, 4.69) is 26.1 Å². The molecule has 2 amide bonds. The third kappa shape index (κ3) is 4.88. The van der Waals surface area contributed by atoms with Gasteiger partial charge < -0.3 is 15.0 Å². The Morgan fingerprint density at radius 1 is 1.07 bits per heavy atom. The van der Waals surface area contributed by atoms with E-state index in [1.165, 1.54) is 5.56 Å². The Hall–Kier alpha value is -2.82.